The molecule has 0 aromatic carbocycles. The van der Waals surface area contributed by atoms with Crippen LogP contribution in [0.1, 0.15) is 75.2 Å². The van der Waals surface area contributed by atoms with Gasteiger partial charge in [0.05, 0.1) is 11.8 Å². The minimum absolute atomic E-state index is 0.00103. The second-order valence-corrected chi connectivity index (χ2v) is 13.3. The van der Waals surface area contributed by atoms with Crippen molar-refractivity contribution in [3.05, 3.63) is 0 Å². The van der Waals surface area contributed by atoms with Crippen molar-refractivity contribution in [2.24, 2.45) is 28.6 Å². The molecule has 1 aliphatic rings. The van der Waals surface area contributed by atoms with Crippen LogP contribution in [0.5, 0.6) is 0 Å². The summed E-state index contributed by atoms with van der Waals surface area (Å²) >= 11 is 4.64. The van der Waals surface area contributed by atoms with Gasteiger partial charge in [-0.2, -0.15) is 12.6 Å². The summed E-state index contributed by atoms with van der Waals surface area (Å²) in [5, 5.41) is 6.26. The third-order valence-corrected chi connectivity index (χ3v) is 5.91. The quantitative estimate of drug-likeness (QED) is 0.449. The highest BCUT2D eigenvalue weighted by Crippen LogP contribution is 2.31. The fourth-order valence-electron chi connectivity index (χ4n) is 4.89. The number of nitrogens with one attached hydrogen (secondary N) is 2. The monoisotopic (exact) mass is 441 g/mol. The molecule has 0 spiro atoms. The molecule has 30 heavy (non-hydrogen) atoms. The average molecular weight is 442 g/mol. The van der Waals surface area contributed by atoms with Gasteiger partial charge in [0.25, 0.3) is 0 Å². The molecule has 176 valence electrons. The summed E-state index contributed by atoms with van der Waals surface area (Å²) in [5.74, 6) is -0.143. The Labute approximate surface area is 190 Å². The lowest BCUT2D eigenvalue weighted by atomic mass is 9.83. The van der Waals surface area contributed by atoms with Crippen LogP contribution in [0.4, 0.5) is 0 Å². The van der Waals surface area contributed by atoms with Gasteiger partial charge in [-0.15, -0.1) is 0 Å². The molecule has 6 heteroatoms. The number of carbonyl (C=O) groups is 2. The first-order valence-corrected chi connectivity index (χ1v) is 12.0. The Kier molecular flexibility index (Phi) is 9.74. The molecular weight excluding hydrogens is 394 g/mol. The number of carbonyl (C=O) groups excluding carboxylic acids is 2. The van der Waals surface area contributed by atoms with E-state index in [1.165, 1.54) is 0 Å². The maximum Gasteiger partial charge on any atom is 0.225 e. The zero-order chi connectivity index (χ0) is 23.3. The van der Waals surface area contributed by atoms with E-state index in [0.717, 1.165) is 19.4 Å². The Morgan fingerprint density at radius 2 is 1.50 bits per heavy atom. The SMILES string of the molecule is CCN1CC(C(=O)NCC(C)CC(C)(C)C)C(C(=O)NCC(C)(C)CC(C)(C)S)C1. The molecule has 0 radical (unpaired) electrons. The molecule has 3 atom stereocenters. The van der Waals surface area contributed by atoms with E-state index in [1.54, 1.807) is 0 Å². The predicted molar refractivity (Wildman–Crippen MR) is 130 cm³/mol. The molecule has 1 fully saturated rings. The first-order chi connectivity index (χ1) is 13.5. The van der Waals surface area contributed by atoms with Crippen molar-refractivity contribution in [1.29, 1.82) is 0 Å². The molecule has 1 heterocycles. The van der Waals surface area contributed by atoms with Gasteiger partial charge >= 0.3 is 0 Å². The maximum atomic E-state index is 13.0. The van der Waals surface area contributed by atoms with Gasteiger partial charge in [-0.05, 0) is 36.1 Å². The molecule has 1 saturated heterocycles. The second kappa shape index (κ2) is 10.7. The van der Waals surface area contributed by atoms with Gasteiger partial charge in [0.2, 0.25) is 11.8 Å². The standard InChI is InChI=1S/C24H47N3O2S/c1-10-27-13-18(20(28)25-12-17(2)11-22(3,4)5)19(14-27)21(29)26-16-23(6,7)15-24(8,9)30/h17-19,30H,10-16H2,1-9H3,(H,25,28)(H,26,29). The van der Waals surface area contributed by atoms with Crippen molar-refractivity contribution in [3.8, 4) is 0 Å². The van der Waals surface area contributed by atoms with Gasteiger partial charge in [0, 0.05) is 30.9 Å². The number of nitrogens with zero attached hydrogens (tertiary/aromatic N) is 1. The van der Waals surface area contributed by atoms with Crippen LogP contribution in [-0.4, -0.2) is 54.2 Å². The Bertz CT molecular complexity index is 578. The highest BCUT2D eigenvalue weighted by molar-refractivity contribution is 7.81. The predicted octanol–water partition coefficient (Wildman–Crippen LogP) is 3.98. The highest BCUT2D eigenvalue weighted by atomic mass is 32.1. The van der Waals surface area contributed by atoms with Crippen LogP contribution >= 0.6 is 12.6 Å². The summed E-state index contributed by atoms with van der Waals surface area (Å²) in [6.07, 6.45) is 1.95. The Balaban J connectivity index is 2.69. The normalized spacial score (nSPS) is 22.1. The molecular formula is C24H47N3O2S. The van der Waals surface area contributed by atoms with Crippen LogP contribution in [0.15, 0.2) is 0 Å². The molecule has 0 bridgehead atoms. The van der Waals surface area contributed by atoms with Crippen LogP contribution in [0.25, 0.3) is 0 Å². The zero-order valence-electron chi connectivity index (χ0n) is 20.9. The average Bonchev–Trinajstić information content (AvgIpc) is 2.98. The van der Waals surface area contributed by atoms with E-state index >= 15 is 0 Å². The molecule has 0 aromatic rings. The molecule has 2 N–H and O–H groups in total. The van der Waals surface area contributed by atoms with Crippen molar-refractivity contribution in [2.45, 2.75) is 79.9 Å². The first kappa shape index (κ1) is 27.3. The number of amides is 2. The van der Waals surface area contributed by atoms with Crippen molar-refractivity contribution < 1.29 is 9.59 Å². The van der Waals surface area contributed by atoms with Gasteiger partial charge in [-0.25, -0.2) is 0 Å². The van der Waals surface area contributed by atoms with E-state index in [4.69, 9.17) is 0 Å². The summed E-state index contributed by atoms with van der Waals surface area (Å²) in [6, 6.07) is 0. The van der Waals surface area contributed by atoms with E-state index in [1.807, 2.05) is 0 Å². The summed E-state index contributed by atoms with van der Waals surface area (Å²) < 4.78 is -0.0905. The summed E-state index contributed by atoms with van der Waals surface area (Å²) in [7, 11) is 0. The molecule has 5 nitrogen and oxygen atoms in total. The Morgan fingerprint density at radius 1 is 1.00 bits per heavy atom. The van der Waals surface area contributed by atoms with Crippen LogP contribution in [-0.2, 0) is 9.59 Å². The largest absolute Gasteiger partial charge is 0.356 e. The van der Waals surface area contributed by atoms with Crippen molar-refractivity contribution >= 4 is 24.4 Å². The topological polar surface area (TPSA) is 61.4 Å². The van der Waals surface area contributed by atoms with Crippen molar-refractivity contribution in [2.75, 3.05) is 32.7 Å². The molecule has 3 unspecified atom stereocenters. The lowest BCUT2D eigenvalue weighted by molar-refractivity contribution is -0.133. The van der Waals surface area contributed by atoms with Crippen molar-refractivity contribution in [3.63, 3.8) is 0 Å². The molecule has 1 aliphatic heterocycles. The number of likely N-dealkylation sites (tertiary alicyclic amines) is 1. The summed E-state index contributed by atoms with van der Waals surface area (Å²) in [4.78, 5) is 28.2. The van der Waals surface area contributed by atoms with Gasteiger partial charge in [-0.3, -0.25) is 9.59 Å². The van der Waals surface area contributed by atoms with Crippen LogP contribution in [0, 0.1) is 28.6 Å². The van der Waals surface area contributed by atoms with Gasteiger partial charge < -0.3 is 15.5 Å². The smallest absolute Gasteiger partial charge is 0.225 e. The van der Waals surface area contributed by atoms with Gasteiger partial charge in [0.15, 0.2) is 0 Å². The van der Waals surface area contributed by atoms with E-state index in [0.29, 0.717) is 32.1 Å². The van der Waals surface area contributed by atoms with Crippen molar-refractivity contribution in [1.82, 2.24) is 15.5 Å². The zero-order valence-corrected chi connectivity index (χ0v) is 21.8. The summed E-state index contributed by atoms with van der Waals surface area (Å²) in [6.45, 7) is 22.8. The second-order valence-electron chi connectivity index (χ2n) is 12.1. The van der Waals surface area contributed by atoms with E-state index in [9.17, 15) is 9.59 Å². The molecule has 0 saturated carbocycles. The van der Waals surface area contributed by atoms with Crippen LogP contribution in [0.3, 0.4) is 0 Å². The number of hydrogen-bond donors (Lipinski definition) is 3. The fourth-order valence-corrected chi connectivity index (χ4v) is 5.32. The third-order valence-electron chi connectivity index (χ3n) is 5.75. The van der Waals surface area contributed by atoms with E-state index in [2.05, 4.69) is 90.5 Å². The van der Waals surface area contributed by atoms with E-state index in [-0.39, 0.29) is 39.2 Å². The van der Waals surface area contributed by atoms with Crippen LogP contribution < -0.4 is 10.6 Å². The number of hydrogen-bond acceptors (Lipinski definition) is 4. The minimum Gasteiger partial charge on any atom is -0.356 e. The minimum atomic E-state index is -0.289. The lowest BCUT2D eigenvalue weighted by Gasteiger charge is -2.32. The fraction of sp³-hybridized carbons (Fsp3) is 0.917. The van der Waals surface area contributed by atoms with Crippen LogP contribution in [0.2, 0.25) is 0 Å². The maximum absolute atomic E-state index is 13.0. The number of rotatable bonds is 10. The highest BCUT2D eigenvalue weighted by Gasteiger charge is 2.41. The molecule has 0 aromatic heterocycles. The molecule has 1 rings (SSSR count). The first-order valence-electron chi connectivity index (χ1n) is 11.5. The Morgan fingerprint density at radius 3 is 1.93 bits per heavy atom. The third kappa shape index (κ3) is 10.0. The van der Waals surface area contributed by atoms with Gasteiger partial charge in [-0.1, -0.05) is 62.3 Å². The van der Waals surface area contributed by atoms with Gasteiger partial charge in [0.1, 0.15) is 0 Å². The Hall–Kier alpha value is -0.750. The lowest BCUT2D eigenvalue weighted by Crippen LogP contribution is -2.45. The number of thiol groups is 1. The van der Waals surface area contributed by atoms with E-state index < -0.39 is 0 Å². The summed E-state index contributed by atoms with van der Waals surface area (Å²) in [5.41, 5.74) is 0.192. The molecule has 2 amide bonds. The molecule has 0 aliphatic carbocycles.